The van der Waals surface area contributed by atoms with Gasteiger partial charge >= 0.3 is 0 Å². The first-order chi connectivity index (χ1) is 46.0. The fourth-order valence-corrected chi connectivity index (χ4v) is 18.8. The minimum Gasteiger partial charge on any atom is -0.394 e. The number of hydrogen-bond donors (Lipinski definition) is 19. The van der Waals surface area contributed by atoms with E-state index in [-0.39, 0.29) is 46.7 Å². The van der Waals surface area contributed by atoms with Gasteiger partial charge in [0.05, 0.1) is 64.1 Å². The molecule has 8 aliphatic heterocycles. The van der Waals surface area contributed by atoms with Crippen molar-refractivity contribution in [1.82, 2.24) is 0 Å². The molecule has 97 heavy (non-hydrogen) atoms. The van der Waals surface area contributed by atoms with Gasteiger partial charge in [0.25, 0.3) is 0 Å². The van der Waals surface area contributed by atoms with Crippen LogP contribution in [0.3, 0.4) is 0 Å². The number of hydrogen-bond acceptors (Lipinski definition) is 34. The molecule has 0 aromatic rings. The standard InChI is InChI=1S/C63H102O34/c1-20-8-11-63(84-19-20)21(2)33-51(97-63)39(74)34-25-7-6-23-12-24(9-10-61(23,4)26(25)13-32(69)62(33,34)5)86-56-46(81)42(77)50(31(18-68)90-56)93-60-54(96-59-48(83)52(37(72)28(15-65)88-59)94-57-45(80)41(76)36(71)27(14-64)87-57)53(38(73)29(16-66)89-60)95-58-47(82)43(78)49(30(17-67)91-58)92-55-44(79)40(75)35(70)22(3)85-55/h20-31,33-60,64-68,70-83H,6-19H2,1-5H3. The Morgan fingerprint density at radius 2 is 0.907 bits per heavy atom. The van der Waals surface area contributed by atoms with E-state index in [1.165, 1.54) is 6.92 Å². The molecule has 43 unspecified atom stereocenters. The minimum atomic E-state index is -2.30. The molecule has 8 saturated heterocycles. The maximum atomic E-state index is 14.9. The van der Waals surface area contributed by atoms with Crippen LogP contribution in [0.4, 0.5) is 0 Å². The van der Waals surface area contributed by atoms with E-state index in [0.717, 1.165) is 19.3 Å². The van der Waals surface area contributed by atoms with Crippen molar-refractivity contribution < 1.29 is 168 Å². The molecule has 0 aromatic carbocycles. The lowest BCUT2D eigenvalue weighted by atomic mass is 9.44. The van der Waals surface area contributed by atoms with Gasteiger partial charge in [-0.3, -0.25) is 4.79 Å². The zero-order valence-electron chi connectivity index (χ0n) is 54.6. The maximum Gasteiger partial charge on any atom is 0.187 e. The molecule has 12 fully saturated rings. The number of carbonyl (C=O) groups is 1. The van der Waals surface area contributed by atoms with E-state index in [1.54, 1.807) is 0 Å². The van der Waals surface area contributed by atoms with Gasteiger partial charge in [-0.1, -0.05) is 27.7 Å². The quantitative estimate of drug-likeness (QED) is 0.0602. The maximum absolute atomic E-state index is 14.9. The third-order valence-electron chi connectivity index (χ3n) is 24.5. The van der Waals surface area contributed by atoms with E-state index >= 15 is 0 Å². The van der Waals surface area contributed by atoms with Crippen molar-refractivity contribution in [2.24, 2.45) is 52.3 Å². The normalized spacial score (nSPS) is 57.2. The number of rotatable bonds is 17. The summed E-state index contributed by atoms with van der Waals surface area (Å²) in [5.74, 6) is -0.992. The van der Waals surface area contributed by atoms with Crippen LogP contribution >= 0.6 is 0 Å². The molecule has 0 aromatic heterocycles. The van der Waals surface area contributed by atoms with E-state index in [0.29, 0.717) is 44.6 Å². The Kier molecular flexibility index (Phi) is 22.7. The highest BCUT2D eigenvalue weighted by Crippen LogP contribution is 2.70. The summed E-state index contributed by atoms with van der Waals surface area (Å²) in [6.45, 7) is 5.34. The van der Waals surface area contributed by atoms with Crippen LogP contribution in [-0.2, 0) is 71.1 Å². The van der Waals surface area contributed by atoms with Crippen LogP contribution < -0.4 is 0 Å². The molecule has 4 saturated carbocycles. The van der Waals surface area contributed by atoms with Gasteiger partial charge in [-0.2, -0.15) is 0 Å². The van der Waals surface area contributed by atoms with Gasteiger partial charge in [0.2, 0.25) is 0 Å². The summed E-state index contributed by atoms with van der Waals surface area (Å²) in [4.78, 5) is 14.9. The number of carbonyl (C=O) groups excluding carboxylic acids is 1. The van der Waals surface area contributed by atoms with E-state index in [2.05, 4.69) is 20.8 Å². The van der Waals surface area contributed by atoms with Gasteiger partial charge in [-0.05, 0) is 74.5 Å². The van der Waals surface area contributed by atoms with Crippen molar-refractivity contribution in [2.75, 3.05) is 39.6 Å². The molecule has 4 aliphatic carbocycles. The second-order valence-corrected chi connectivity index (χ2v) is 29.9. The van der Waals surface area contributed by atoms with Crippen LogP contribution in [0.2, 0.25) is 0 Å². The Balaban J connectivity index is 0.769. The second kappa shape index (κ2) is 29.4. The molecule has 34 heteroatoms. The summed E-state index contributed by atoms with van der Waals surface area (Å²) in [7, 11) is 0. The van der Waals surface area contributed by atoms with Gasteiger partial charge in [0, 0.05) is 36.0 Å². The van der Waals surface area contributed by atoms with Crippen molar-refractivity contribution in [3.05, 3.63) is 0 Å². The third-order valence-corrected chi connectivity index (χ3v) is 24.5. The van der Waals surface area contributed by atoms with Crippen LogP contribution in [0, 0.1) is 52.3 Å². The van der Waals surface area contributed by atoms with Crippen LogP contribution in [0.15, 0.2) is 0 Å². The predicted octanol–water partition coefficient (Wildman–Crippen LogP) is -8.08. The monoisotopic (exact) mass is 1400 g/mol. The molecule has 8 heterocycles. The van der Waals surface area contributed by atoms with Gasteiger partial charge in [-0.15, -0.1) is 0 Å². The van der Waals surface area contributed by atoms with Crippen molar-refractivity contribution in [3.63, 3.8) is 0 Å². The Labute approximate surface area is 558 Å². The van der Waals surface area contributed by atoms with Gasteiger partial charge < -0.3 is 163 Å². The Morgan fingerprint density at radius 3 is 1.48 bits per heavy atom. The molecule has 0 radical (unpaired) electrons. The molecule has 558 valence electrons. The zero-order valence-corrected chi connectivity index (χ0v) is 54.6. The highest BCUT2D eigenvalue weighted by Gasteiger charge is 2.75. The minimum absolute atomic E-state index is 0.0178. The average molecular weight is 1400 g/mol. The molecule has 19 N–H and O–H groups in total. The van der Waals surface area contributed by atoms with Gasteiger partial charge in [0.1, 0.15) is 146 Å². The smallest absolute Gasteiger partial charge is 0.187 e. The van der Waals surface area contributed by atoms with Crippen LogP contribution in [-0.4, -0.2) is 351 Å². The number of fused-ring (bicyclic) bond motifs is 7. The average Bonchev–Trinajstić information content (AvgIpc) is 1.53. The SMILES string of the molecule is CC1CCC2(OC1)OC1C(O)C3C4CCC5CC(OC6OC(CO)C(OC7OC(CO)C(O)C(OC8OC(CO)C(OC9OC(C)C(O)C(O)C9O)C(O)C8O)C7OC7OC(CO)C(O)C(OC8OC(CO)C(O)C(O)C8O)C7O)C(O)C6O)CCC5(C)C4CC(=O)C3(C)C1C2C. The number of aliphatic hydroxyl groups is 19. The number of ketones is 1. The highest BCUT2D eigenvalue weighted by molar-refractivity contribution is 5.87. The van der Waals surface area contributed by atoms with Gasteiger partial charge in [0.15, 0.2) is 43.5 Å². The Morgan fingerprint density at radius 1 is 0.433 bits per heavy atom. The lowest BCUT2D eigenvalue weighted by Gasteiger charge is -2.61. The summed E-state index contributed by atoms with van der Waals surface area (Å²) < 4.78 is 85.1. The summed E-state index contributed by atoms with van der Waals surface area (Å²) in [6.07, 6.45) is -55.0. The topological polar surface area (TPSA) is 531 Å². The summed E-state index contributed by atoms with van der Waals surface area (Å²) >= 11 is 0. The van der Waals surface area contributed by atoms with Crippen molar-refractivity contribution in [2.45, 2.75) is 294 Å². The molecule has 0 bridgehead atoms. The Bertz CT molecular complexity index is 2630. The molecule has 1 spiro atoms. The predicted molar refractivity (Wildman–Crippen MR) is 314 cm³/mol. The number of Topliss-reactive ketones (excluding diaryl/α,β-unsaturated/α-hetero) is 1. The molecule has 0 amide bonds. The largest absolute Gasteiger partial charge is 0.394 e. The molecule has 43 atom stereocenters. The lowest BCUT2D eigenvalue weighted by molar-refractivity contribution is -0.414. The Hall–Kier alpha value is -1.65. The van der Waals surface area contributed by atoms with Crippen molar-refractivity contribution in [1.29, 1.82) is 0 Å². The molecular formula is C63H102O34. The zero-order chi connectivity index (χ0) is 70.0. The summed E-state index contributed by atoms with van der Waals surface area (Å²) in [5, 5.41) is 212. The fourth-order valence-electron chi connectivity index (χ4n) is 18.8. The van der Waals surface area contributed by atoms with E-state index in [9.17, 15) is 102 Å². The van der Waals surface area contributed by atoms with E-state index in [4.69, 9.17) is 66.3 Å². The molecule has 12 rings (SSSR count). The fraction of sp³-hybridized carbons (Fsp3) is 0.984. The third kappa shape index (κ3) is 13.0. The first-order valence-corrected chi connectivity index (χ1v) is 34.3. The number of ether oxygens (including phenoxy) is 14. The van der Waals surface area contributed by atoms with E-state index in [1.807, 2.05) is 6.92 Å². The highest BCUT2D eigenvalue weighted by atomic mass is 16.8. The molecule has 12 aliphatic rings. The lowest BCUT2D eigenvalue weighted by Crippen LogP contribution is -2.69. The van der Waals surface area contributed by atoms with E-state index < -0.39 is 247 Å². The van der Waals surface area contributed by atoms with Crippen LogP contribution in [0.5, 0.6) is 0 Å². The van der Waals surface area contributed by atoms with Crippen molar-refractivity contribution in [3.8, 4) is 0 Å². The van der Waals surface area contributed by atoms with Crippen LogP contribution in [0.1, 0.15) is 86.0 Å². The second-order valence-electron chi connectivity index (χ2n) is 29.9. The summed E-state index contributed by atoms with van der Waals surface area (Å²) in [6, 6.07) is 0. The van der Waals surface area contributed by atoms with Crippen molar-refractivity contribution >= 4 is 5.78 Å². The summed E-state index contributed by atoms with van der Waals surface area (Å²) in [5.41, 5.74) is -1.17. The van der Waals surface area contributed by atoms with Gasteiger partial charge in [-0.25, -0.2) is 0 Å². The first kappa shape index (κ1) is 75.0. The van der Waals surface area contributed by atoms with Crippen LogP contribution in [0.25, 0.3) is 0 Å². The molecular weight excluding hydrogens is 1300 g/mol. The number of aliphatic hydroxyl groups excluding tert-OH is 19. The first-order valence-electron chi connectivity index (χ1n) is 34.3. The molecule has 34 nitrogen and oxygen atoms in total.